The van der Waals surface area contributed by atoms with E-state index in [0.29, 0.717) is 0 Å². The van der Waals surface area contributed by atoms with Gasteiger partial charge in [-0.1, -0.05) is 0 Å². The molecule has 6 heavy (non-hydrogen) atoms. The van der Waals surface area contributed by atoms with E-state index < -0.39 is 0 Å². The van der Waals surface area contributed by atoms with Gasteiger partial charge in [0.1, 0.15) is 0 Å². The smallest absolute Gasteiger partial charge is 0.412 e. The van der Waals surface area contributed by atoms with Crippen LogP contribution in [0.2, 0.25) is 0 Å². The first-order chi connectivity index (χ1) is 1.73. The van der Waals surface area contributed by atoms with Crippen molar-refractivity contribution in [1.29, 1.82) is 0 Å². The van der Waals surface area contributed by atoms with E-state index in [0.717, 1.165) is 0 Å². The van der Waals surface area contributed by atoms with Crippen molar-refractivity contribution in [2.24, 2.45) is 0 Å². The summed E-state index contributed by atoms with van der Waals surface area (Å²) in [6.07, 6.45) is 0. The average Bonchev–Trinajstić information content (AvgIpc) is 0.811. The Kier molecular flexibility index (Phi) is 25.5. The minimum atomic E-state index is 0. The fraction of sp³-hybridized carbons (Fsp3) is 0.750. The van der Waals surface area contributed by atoms with Crippen LogP contribution in [0.25, 0.3) is 0 Å². The summed E-state index contributed by atoms with van der Waals surface area (Å²) in [6, 6.07) is 0. The Bertz CT molecular complexity index is 12.3. The van der Waals surface area contributed by atoms with Crippen LogP contribution in [0.5, 0.6) is 0 Å². The first kappa shape index (κ1) is 15.6. The van der Waals surface area contributed by atoms with Crippen LogP contribution in [0.3, 0.4) is 0 Å². The van der Waals surface area contributed by atoms with E-state index in [9.17, 15) is 0 Å². The quantitative estimate of drug-likeness (QED) is 0.253. The molecule has 0 saturated heterocycles. The molecular weight excluding hydrogens is 103 g/mol. The van der Waals surface area contributed by atoms with Gasteiger partial charge in [-0.05, 0) is 0 Å². The second-order valence-electron chi connectivity index (χ2n) is 1.50. The van der Waals surface area contributed by atoms with E-state index in [4.69, 9.17) is 0 Å². The average molecular weight is 114 g/mol. The van der Waals surface area contributed by atoms with E-state index in [1.54, 1.807) is 0 Å². The van der Waals surface area contributed by atoms with Gasteiger partial charge in [0.15, 0.2) is 0 Å². The Labute approximate surface area is 82.2 Å². The molecule has 2 heteroatoms. The monoisotopic (exact) mass is 114 g/mol. The van der Waals surface area contributed by atoms with Crippen molar-refractivity contribution in [1.82, 2.24) is 0 Å². The van der Waals surface area contributed by atoms with Crippen molar-refractivity contribution in [3.05, 3.63) is 5.92 Å². The Morgan fingerprint density at radius 2 is 1.00 bits per heavy atom. The van der Waals surface area contributed by atoms with Crippen LogP contribution in [-0.2, 0) is 0 Å². The third-order valence-corrected chi connectivity index (χ3v) is 0. The van der Waals surface area contributed by atoms with Crippen LogP contribution in [0.1, 0.15) is 20.8 Å². The van der Waals surface area contributed by atoms with Gasteiger partial charge in [0.2, 0.25) is 0 Å². The SMILES string of the molecule is C[C-](C)C.O.[K+]. The summed E-state index contributed by atoms with van der Waals surface area (Å²) >= 11 is 0. The third kappa shape index (κ3) is 46.4. The van der Waals surface area contributed by atoms with Crippen LogP contribution < -0.4 is 51.4 Å². The van der Waals surface area contributed by atoms with E-state index >= 15 is 0 Å². The molecule has 0 fully saturated rings. The molecule has 0 atom stereocenters. The maximum Gasteiger partial charge on any atom is 1.00 e. The molecule has 0 aliphatic rings. The van der Waals surface area contributed by atoms with Crippen molar-refractivity contribution in [2.75, 3.05) is 0 Å². The zero-order chi connectivity index (χ0) is 3.58. The molecule has 0 unspecified atom stereocenters. The van der Waals surface area contributed by atoms with Gasteiger partial charge in [0.25, 0.3) is 0 Å². The molecule has 34 valence electrons. The predicted octanol–water partition coefficient (Wildman–Crippen LogP) is -2.20. The van der Waals surface area contributed by atoms with Gasteiger partial charge in [-0.2, -0.15) is 20.8 Å². The molecule has 0 heterocycles. The van der Waals surface area contributed by atoms with Gasteiger partial charge in [0.05, 0.1) is 0 Å². The third-order valence-electron chi connectivity index (χ3n) is 0. The Morgan fingerprint density at radius 1 is 1.00 bits per heavy atom. The second kappa shape index (κ2) is 9.78. The fourth-order valence-corrected chi connectivity index (χ4v) is 0. The van der Waals surface area contributed by atoms with E-state index in [1.165, 1.54) is 5.92 Å². The molecule has 0 aromatic carbocycles. The van der Waals surface area contributed by atoms with Gasteiger partial charge in [0, 0.05) is 0 Å². The molecule has 0 aliphatic carbocycles. The number of hydrogen-bond acceptors (Lipinski definition) is 0. The summed E-state index contributed by atoms with van der Waals surface area (Å²) in [5, 5.41) is 0. The summed E-state index contributed by atoms with van der Waals surface area (Å²) < 4.78 is 0. The molecule has 0 aromatic heterocycles. The zero-order valence-corrected chi connectivity index (χ0v) is 8.12. The van der Waals surface area contributed by atoms with Crippen LogP contribution in [0.15, 0.2) is 0 Å². The summed E-state index contributed by atoms with van der Waals surface area (Å²) in [5.74, 6) is 1.42. The second-order valence-corrected chi connectivity index (χ2v) is 1.50. The van der Waals surface area contributed by atoms with Crippen LogP contribution in [-0.4, -0.2) is 5.48 Å². The number of hydrogen-bond donors (Lipinski definition) is 0. The van der Waals surface area contributed by atoms with Crippen molar-refractivity contribution < 1.29 is 56.9 Å². The van der Waals surface area contributed by atoms with Gasteiger partial charge < -0.3 is 11.4 Å². The molecule has 0 bridgehead atoms. The maximum absolute atomic E-state index is 2.08. The molecule has 0 spiro atoms. The number of rotatable bonds is 0. The summed E-state index contributed by atoms with van der Waals surface area (Å²) in [5.41, 5.74) is 0. The topological polar surface area (TPSA) is 31.5 Å². The molecule has 0 saturated carbocycles. The molecule has 2 N–H and O–H groups in total. The normalized spacial score (nSPS) is 6.00. The molecule has 0 amide bonds. The molecule has 1 nitrogen and oxygen atoms in total. The van der Waals surface area contributed by atoms with Gasteiger partial charge in [-0.25, -0.2) is 0 Å². The van der Waals surface area contributed by atoms with E-state index in [1.807, 2.05) is 0 Å². The first-order valence-electron chi connectivity index (χ1n) is 1.50. The Balaban J connectivity index is -0.0000000450. The Hall–Kier alpha value is 1.60. The summed E-state index contributed by atoms with van der Waals surface area (Å²) in [6.45, 7) is 6.25. The van der Waals surface area contributed by atoms with Crippen molar-refractivity contribution >= 4 is 0 Å². The minimum Gasteiger partial charge on any atom is -0.412 e. The van der Waals surface area contributed by atoms with Crippen LogP contribution in [0, 0.1) is 5.92 Å². The Morgan fingerprint density at radius 3 is 1.00 bits per heavy atom. The van der Waals surface area contributed by atoms with Crippen LogP contribution >= 0.6 is 0 Å². The molecule has 0 aliphatic heterocycles. The zero-order valence-electron chi connectivity index (χ0n) is 5.00. The molecule has 0 aromatic rings. The summed E-state index contributed by atoms with van der Waals surface area (Å²) in [4.78, 5) is 0. The van der Waals surface area contributed by atoms with Crippen molar-refractivity contribution in [2.45, 2.75) is 20.8 Å². The van der Waals surface area contributed by atoms with E-state index in [2.05, 4.69) is 20.8 Å². The molecular formula is C4H11KO. The standard InChI is InChI=1S/C4H9.K.H2O/c1-4(2)3;;/h1-3H3;;1H2/q-1;+1;. The van der Waals surface area contributed by atoms with Crippen molar-refractivity contribution in [3.63, 3.8) is 0 Å². The largest absolute Gasteiger partial charge is 1.00 e. The minimum absolute atomic E-state index is 0. The van der Waals surface area contributed by atoms with Crippen molar-refractivity contribution in [3.8, 4) is 0 Å². The predicted molar refractivity (Wildman–Crippen MR) is 23.9 cm³/mol. The molecule has 0 radical (unpaired) electrons. The first-order valence-corrected chi connectivity index (χ1v) is 1.50. The maximum atomic E-state index is 2.08. The fourth-order valence-electron chi connectivity index (χ4n) is 0. The van der Waals surface area contributed by atoms with Crippen LogP contribution in [0.4, 0.5) is 0 Å². The van der Waals surface area contributed by atoms with Gasteiger partial charge >= 0.3 is 51.4 Å². The van der Waals surface area contributed by atoms with E-state index in [-0.39, 0.29) is 56.9 Å². The molecule has 0 rings (SSSR count). The van der Waals surface area contributed by atoms with Gasteiger partial charge in [-0.15, -0.1) is 0 Å². The summed E-state index contributed by atoms with van der Waals surface area (Å²) in [7, 11) is 0. The van der Waals surface area contributed by atoms with Gasteiger partial charge in [-0.3, -0.25) is 0 Å².